The molecule has 5 heteroatoms. The maximum atomic E-state index is 11.0. The second-order valence-electron chi connectivity index (χ2n) is 9.98. The van der Waals surface area contributed by atoms with Crippen LogP contribution in [0.3, 0.4) is 0 Å². The smallest absolute Gasteiger partial charge is 0.346 e. The van der Waals surface area contributed by atoms with Gasteiger partial charge in [-0.1, -0.05) is 82.2 Å². The predicted octanol–water partition coefficient (Wildman–Crippen LogP) is 8.15. The van der Waals surface area contributed by atoms with Crippen molar-refractivity contribution in [2.75, 3.05) is 18.1 Å². The van der Waals surface area contributed by atoms with Crippen LogP contribution in [0.2, 0.25) is 0 Å². The van der Waals surface area contributed by atoms with E-state index in [1.165, 1.54) is 79.1 Å². The highest BCUT2D eigenvalue weighted by molar-refractivity contribution is 5.91. The van der Waals surface area contributed by atoms with Crippen LogP contribution in [0.5, 0.6) is 0 Å². The van der Waals surface area contributed by atoms with Gasteiger partial charge in [0.15, 0.2) is 0 Å². The topological polar surface area (TPSA) is 73.6 Å². The van der Waals surface area contributed by atoms with Crippen molar-refractivity contribution >= 4 is 23.4 Å². The number of benzene rings is 2. The number of hydrogen-bond donors (Lipinski definition) is 1. The SMILES string of the molecule is CCCCCCCCCCOCc1ccc2c(c1)CCc1cc(/C=C/C=C(/C#N)C(=O)O)ccc1N2CC. The van der Waals surface area contributed by atoms with Gasteiger partial charge in [0.05, 0.1) is 6.61 Å². The van der Waals surface area contributed by atoms with E-state index < -0.39 is 5.97 Å². The summed E-state index contributed by atoms with van der Waals surface area (Å²) in [5.41, 5.74) is 7.01. The first kappa shape index (κ1) is 29.2. The molecule has 2 aromatic rings. The van der Waals surface area contributed by atoms with Crippen LogP contribution in [0, 0.1) is 11.3 Å². The summed E-state index contributed by atoms with van der Waals surface area (Å²) >= 11 is 0. The third-order valence-electron chi connectivity index (χ3n) is 7.12. The van der Waals surface area contributed by atoms with Gasteiger partial charge >= 0.3 is 5.97 Å². The van der Waals surface area contributed by atoms with Crippen LogP contribution in [-0.4, -0.2) is 24.2 Å². The lowest BCUT2D eigenvalue weighted by molar-refractivity contribution is -0.132. The monoisotopic (exact) mass is 514 g/mol. The number of anilines is 2. The number of unbranched alkanes of at least 4 members (excludes halogenated alkanes) is 7. The Hall–Kier alpha value is -3.36. The van der Waals surface area contributed by atoms with Gasteiger partial charge in [0.1, 0.15) is 11.6 Å². The summed E-state index contributed by atoms with van der Waals surface area (Å²) in [4.78, 5) is 13.4. The molecule has 0 aromatic heterocycles. The third kappa shape index (κ3) is 8.60. The zero-order valence-electron chi connectivity index (χ0n) is 23.0. The molecule has 0 radical (unpaired) electrons. The normalized spacial score (nSPS) is 13.2. The quantitative estimate of drug-likeness (QED) is 0.112. The first-order valence-corrected chi connectivity index (χ1v) is 14.2. The van der Waals surface area contributed by atoms with E-state index in [9.17, 15) is 4.79 Å². The lowest BCUT2D eigenvalue weighted by Gasteiger charge is -2.26. The largest absolute Gasteiger partial charge is 0.477 e. The third-order valence-corrected chi connectivity index (χ3v) is 7.12. The van der Waals surface area contributed by atoms with Crippen molar-refractivity contribution in [3.05, 3.63) is 76.4 Å². The molecule has 0 unspecified atom stereocenters. The molecule has 0 aliphatic carbocycles. The minimum absolute atomic E-state index is 0.277. The van der Waals surface area contributed by atoms with Gasteiger partial charge in [-0.25, -0.2) is 4.79 Å². The van der Waals surface area contributed by atoms with E-state index in [4.69, 9.17) is 15.1 Å². The molecule has 0 atom stereocenters. The van der Waals surface area contributed by atoms with Crippen LogP contribution in [0.1, 0.15) is 87.5 Å². The second-order valence-corrected chi connectivity index (χ2v) is 9.98. The Morgan fingerprint density at radius 1 is 0.974 bits per heavy atom. The van der Waals surface area contributed by atoms with Gasteiger partial charge in [-0.15, -0.1) is 0 Å². The minimum atomic E-state index is -1.21. The molecule has 3 rings (SSSR count). The van der Waals surface area contributed by atoms with E-state index in [2.05, 4.69) is 49.1 Å². The molecule has 0 fully saturated rings. The maximum absolute atomic E-state index is 11.0. The van der Waals surface area contributed by atoms with Crippen LogP contribution in [-0.2, 0) is 29.0 Å². The number of carboxylic acid groups (broad SMARTS) is 1. The van der Waals surface area contributed by atoms with E-state index >= 15 is 0 Å². The summed E-state index contributed by atoms with van der Waals surface area (Å²) in [6, 6.07) is 14.8. The van der Waals surface area contributed by atoms with Crippen LogP contribution in [0.25, 0.3) is 6.08 Å². The molecule has 0 bridgehead atoms. The van der Waals surface area contributed by atoms with Crippen molar-refractivity contribution < 1.29 is 14.6 Å². The van der Waals surface area contributed by atoms with Crippen molar-refractivity contribution in [3.8, 4) is 6.07 Å². The number of fused-ring (bicyclic) bond motifs is 2. The molecular weight excluding hydrogens is 472 g/mol. The molecule has 38 heavy (non-hydrogen) atoms. The lowest BCUT2D eigenvalue weighted by Crippen LogP contribution is -2.17. The highest BCUT2D eigenvalue weighted by atomic mass is 16.5. The van der Waals surface area contributed by atoms with Crippen LogP contribution >= 0.6 is 0 Å². The van der Waals surface area contributed by atoms with Crippen molar-refractivity contribution in [1.82, 2.24) is 0 Å². The van der Waals surface area contributed by atoms with Crippen molar-refractivity contribution in [2.45, 2.75) is 84.7 Å². The second kappa shape index (κ2) is 15.8. The number of allylic oxidation sites excluding steroid dienone is 2. The molecule has 0 amide bonds. The highest BCUT2D eigenvalue weighted by Crippen LogP contribution is 2.37. The Labute approximate surface area is 228 Å². The fourth-order valence-corrected chi connectivity index (χ4v) is 5.04. The Kier molecular flexibility index (Phi) is 12.1. The number of nitrogens with zero attached hydrogens (tertiary/aromatic N) is 2. The molecule has 1 N–H and O–H groups in total. The van der Waals surface area contributed by atoms with E-state index in [0.29, 0.717) is 6.61 Å². The maximum Gasteiger partial charge on any atom is 0.346 e. The zero-order chi connectivity index (χ0) is 27.2. The fraction of sp³-hybridized carbons (Fsp3) is 0.455. The highest BCUT2D eigenvalue weighted by Gasteiger charge is 2.20. The van der Waals surface area contributed by atoms with Gasteiger partial charge in [0, 0.05) is 24.5 Å². The number of hydrogen-bond acceptors (Lipinski definition) is 4. The van der Waals surface area contributed by atoms with Crippen LogP contribution in [0.15, 0.2) is 54.1 Å². The number of rotatable bonds is 15. The first-order valence-electron chi connectivity index (χ1n) is 14.2. The molecule has 1 aliphatic heterocycles. The summed E-state index contributed by atoms with van der Waals surface area (Å²) in [6.07, 6.45) is 17.2. The number of aliphatic carboxylic acids is 1. The average molecular weight is 515 g/mol. The number of ether oxygens (including phenoxy) is 1. The number of aryl methyl sites for hydroxylation is 2. The van der Waals surface area contributed by atoms with Gasteiger partial charge in [-0.3, -0.25) is 0 Å². The van der Waals surface area contributed by atoms with Gasteiger partial charge in [0.2, 0.25) is 0 Å². The molecule has 202 valence electrons. The molecule has 1 heterocycles. The summed E-state index contributed by atoms with van der Waals surface area (Å²) < 4.78 is 6.01. The van der Waals surface area contributed by atoms with E-state index in [-0.39, 0.29) is 5.57 Å². The van der Waals surface area contributed by atoms with Gasteiger partial charge in [-0.2, -0.15) is 5.26 Å². The van der Waals surface area contributed by atoms with Crippen LogP contribution in [0.4, 0.5) is 11.4 Å². The number of carboxylic acids is 1. The first-order chi connectivity index (χ1) is 18.6. The Bertz CT molecular complexity index is 1160. The van der Waals surface area contributed by atoms with Gasteiger partial charge in [0.25, 0.3) is 0 Å². The van der Waals surface area contributed by atoms with Gasteiger partial charge < -0.3 is 14.7 Å². The molecule has 0 spiro atoms. The zero-order valence-corrected chi connectivity index (χ0v) is 23.0. The van der Waals surface area contributed by atoms with Crippen LogP contribution < -0.4 is 4.90 Å². The Balaban J connectivity index is 1.58. The van der Waals surface area contributed by atoms with Crippen molar-refractivity contribution in [1.29, 1.82) is 5.26 Å². The number of carbonyl (C=O) groups is 1. The molecule has 0 saturated carbocycles. The summed E-state index contributed by atoms with van der Waals surface area (Å²) in [6.45, 7) is 6.79. The average Bonchev–Trinajstić information content (AvgIpc) is 3.07. The Morgan fingerprint density at radius 3 is 2.29 bits per heavy atom. The fourth-order valence-electron chi connectivity index (χ4n) is 5.04. The summed E-state index contributed by atoms with van der Waals surface area (Å²) in [7, 11) is 0. The molecule has 1 aliphatic rings. The molecule has 0 saturated heterocycles. The minimum Gasteiger partial charge on any atom is -0.477 e. The number of nitriles is 1. The molecular formula is C33H42N2O3. The van der Waals surface area contributed by atoms with E-state index in [1.54, 1.807) is 12.1 Å². The Morgan fingerprint density at radius 2 is 1.63 bits per heavy atom. The van der Waals surface area contributed by atoms with E-state index in [1.807, 2.05) is 12.1 Å². The van der Waals surface area contributed by atoms with Crippen molar-refractivity contribution in [3.63, 3.8) is 0 Å². The van der Waals surface area contributed by atoms with Gasteiger partial charge in [-0.05, 0) is 72.7 Å². The molecule has 2 aromatic carbocycles. The van der Waals surface area contributed by atoms with Crippen molar-refractivity contribution in [2.24, 2.45) is 0 Å². The lowest BCUT2D eigenvalue weighted by atomic mass is 10.0. The summed E-state index contributed by atoms with van der Waals surface area (Å²) in [5, 5.41) is 17.9. The standard InChI is InChI=1S/C33H42N2O3/c1-3-5-6-7-8-9-10-11-21-38-25-27-16-20-32-29(23-27)18-17-28-22-26(15-19-31(28)35(32)4-2)13-12-14-30(24-34)33(36)37/h12-16,19-20,22-23H,3-11,17-18,21,25H2,1-2H3,(H,36,37)/b13-12+,30-14-. The summed E-state index contributed by atoms with van der Waals surface area (Å²) in [5.74, 6) is -1.21. The predicted molar refractivity (Wildman–Crippen MR) is 156 cm³/mol. The molecule has 5 nitrogen and oxygen atoms in total. The van der Waals surface area contributed by atoms with E-state index in [0.717, 1.165) is 38.0 Å².